The molecule has 1 aromatic carbocycles. The van der Waals surface area contributed by atoms with Gasteiger partial charge in [0.1, 0.15) is 0 Å². The van der Waals surface area contributed by atoms with Crippen molar-refractivity contribution in [2.45, 2.75) is 45.4 Å². The molecule has 2 rings (SSSR count). The lowest BCUT2D eigenvalue weighted by atomic mass is 9.74. The first-order valence-electron chi connectivity index (χ1n) is 9.04. The highest BCUT2D eigenvalue weighted by molar-refractivity contribution is 6.39. The zero-order valence-electron chi connectivity index (χ0n) is 15.3. The summed E-state index contributed by atoms with van der Waals surface area (Å²) in [5.74, 6) is 3.91. The van der Waals surface area contributed by atoms with E-state index in [2.05, 4.69) is 5.32 Å². The molecule has 26 heavy (non-hydrogen) atoms. The van der Waals surface area contributed by atoms with E-state index in [9.17, 15) is 14.4 Å². The van der Waals surface area contributed by atoms with Crippen LogP contribution >= 0.6 is 0 Å². The zero-order valence-corrected chi connectivity index (χ0v) is 15.3. The first-order valence-corrected chi connectivity index (χ1v) is 9.04. The van der Waals surface area contributed by atoms with Gasteiger partial charge in [-0.1, -0.05) is 19.1 Å². The van der Waals surface area contributed by atoms with Crippen LogP contribution in [0.4, 0.5) is 5.69 Å². The van der Waals surface area contributed by atoms with Crippen LogP contribution in [0, 0.1) is 11.8 Å². The van der Waals surface area contributed by atoms with Crippen molar-refractivity contribution in [3.63, 3.8) is 0 Å². The normalized spacial score (nSPS) is 20.7. The minimum absolute atomic E-state index is 0.0535. The molecule has 0 bridgehead atoms. The topological polar surface area (TPSA) is 111 Å². The molecule has 0 aliphatic heterocycles. The van der Waals surface area contributed by atoms with Gasteiger partial charge in [0.05, 0.1) is 12.5 Å². The molecule has 0 aromatic heterocycles. The number of carbonyl (C=O) groups is 3. The number of hydrazine groups is 1. The number of hydrogen-bond acceptors (Lipinski definition) is 5. The second-order valence-corrected chi connectivity index (χ2v) is 6.70. The Hall–Kier alpha value is -2.41. The smallest absolute Gasteiger partial charge is 0.323 e. The number of esters is 1. The average Bonchev–Trinajstić information content (AvgIpc) is 2.67. The van der Waals surface area contributed by atoms with Crippen LogP contribution in [-0.2, 0) is 19.1 Å². The van der Waals surface area contributed by atoms with E-state index in [1.54, 1.807) is 17.6 Å². The summed E-state index contributed by atoms with van der Waals surface area (Å²) < 4.78 is 5.13. The lowest BCUT2D eigenvalue weighted by Gasteiger charge is -2.31. The van der Waals surface area contributed by atoms with Gasteiger partial charge in [-0.05, 0) is 62.1 Å². The van der Waals surface area contributed by atoms with E-state index in [4.69, 9.17) is 10.6 Å². The van der Waals surface area contributed by atoms with E-state index in [0.29, 0.717) is 24.1 Å². The highest BCUT2D eigenvalue weighted by atomic mass is 16.5. The molecule has 1 aliphatic carbocycles. The molecular weight excluding hydrogens is 334 g/mol. The van der Waals surface area contributed by atoms with Crippen LogP contribution in [0.15, 0.2) is 24.3 Å². The largest absolute Gasteiger partial charge is 0.466 e. The summed E-state index contributed by atoms with van der Waals surface area (Å²) in [5, 5.41) is 2.49. The van der Waals surface area contributed by atoms with Gasteiger partial charge in [0.25, 0.3) is 0 Å². The second-order valence-electron chi connectivity index (χ2n) is 6.70. The Labute approximate surface area is 153 Å². The number of ether oxygens (including phenoxy) is 1. The molecule has 1 saturated carbocycles. The molecule has 0 spiro atoms. The maximum atomic E-state index is 11.9. The van der Waals surface area contributed by atoms with Crippen LogP contribution in [0.3, 0.4) is 0 Å². The number of carbonyl (C=O) groups excluding carboxylic acids is 3. The highest BCUT2D eigenvalue weighted by Gasteiger charge is 2.30. The van der Waals surface area contributed by atoms with E-state index in [1.807, 2.05) is 26.0 Å². The van der Waals surface area contributed by atoms with Gasteiger partial charge in [-0.25, -0.2) is 5.84 Å². The maximum absolute atomic E-state index is 11.9. The van der Waals surface area contributed by atoms with Crippen molar-refractivity contribution in [3.8, 4) is 0 Å². The number of rotatable bonds is 5. The molecule has 142 valence electrons. The van der Waals surface area contributed by atoms with Crippen LogP contribution in [0.5, 0.6) is 0 Å². The fourth-order valence-corrected chi connectivity index (χ4v) is 3.51. The predicted molar refractivity (Wildman–Crippen MR) is 97.9 cm³/mol. The fraction of sp³-hybridized carbons (Fsp3) is 0.526. The van der Waals surface area contributed by atoms with Gasteiger partial charge in [-0.3, -0.25) is 19.8 Å². The summed E-state index contributed by atoms with van der Waals surface area (Å²) in [5.41, 5.74) is 3.54. The molecule has 1 atom stereocenters. The molecule has 1 aliphatic rings. The molecule has 1 aromatic rings. The minimum atomic E-state index is -0.886. The Morgan fingerprint density at radius 2 is 1.73 bits per heavy atom. The number of anilines is 1. The first-order chi connectivity index (χ1) is 12.5. The maximum Gasteiger partial charge on any atom is 0.323 e. The van der Waals surface area contributed by atoms with E-state index < -0.39 is 11.8 Å². The van der Waals surface area contributed by atoms with Crippen molar-refractivity contribution in [2.24, 2.45) is 17.7 Å². The van der Waals surface area contributed by atoms with Gasteiger partial charge in [-0.15, -0.1) is 0 Å². The first kappa shape index (κ1) is 19.9. The third-order valence-corrected chi connectivity index (χ3v) is 5.11. The molecule has 1 fully saturated rings. The molecule has 4 N–H and O–H groups in total. The molecule has 7 heteroatoms. The summed E-state index contributed by atoms with van der Waals surface area (Å²) in [6, 6.07) is 7.50. The number of amides is 2. The van der Waals surface area contributed by atoms with Crippen LogP contribution < -0.4 is 16.6 Å². The van der Waals surface area contributed by atoms with Crippen molar-refractivity contribution in [2.75, 3.05) is 11.9 Å². The molecule has 0 radical (unpaired) electrons. The molecule has 0 heterocycles. The van der Waals surface area contributed by atoms with Gasteiger partial charge in [0.2, 0.25) is 0 Å². The Bertz CT molecular complexity index is 637. The van der Waals surface area contributed by atoms with Gasteiger partial charge < -0.3 is 10.1 Å². The molecule has 2 amide bonds. The monoisotopic (exact) mass is 361 g/mol. The van der Waals surface area contributed by atoms with Crippen LogP contribution in [-0.4, -0.2) is 24.4 Å². The number of nitrogens with two attached hydrogens (primary N) is 1. The Balaban J connectivity index is 1.88. The van der Waals surface area contributed by atoms with Gasteiger partial charge in [-0.2, -0.15) is 0 Å². The van der Waals surface area contributed by atoms with Crippen LogP contribution in [0.25, 0.3) is 0 Å². The van der Waals surface area contributed by atoms with E-state index >= 15 is 0 Å². The van der Waals surface area contributed by atoms with Crippen molar-refractivity contribution in [3.05, 3.63) is 29.8 Å². The lowest BCUT2D eigenvalue weighted by molar-refractivity contribution is -0.149. The predicted octanol–water partition coefficient (Wildman–Crippen LogP) is 2.09. The van der Waals surface area contributed by atoms with Crippen LogP contribution in [0.2, 0.25) is 0 Å². The van der Waals surface area contributed by atoms with Crippen molar-refractivity contribution < 1.29 is 19.1 Å². The number of benzene rings is 1. The summed E-state index contributed by atoms with van der Waals surface area (Å²) in [4.78, 5) is 34.5. The van der Waals surface area contributed by atoms with Crippen LogP contribution in [0.1, 0.15) is 51.0 Å². The van der Waals surface area contributed by atoms with Gasteiger partial charge >= 0.3 is 17.8 Å². The molecule has 7 nitrogen and oxygen atoms in total. The standard InChI is InChI=1S/C19H27N3O4/c1-3-26-19(25)12(2)13-4-6-14(7-5-13)15-8-10-16(11-9-15)21-17(23)18(24)22-20/h8-14H,3-7,20H2,1-2H3,(H,21,23)(H,22,24)/t12?,13-,14-. The number of nitrogens with one attached hydrogen (secondary N) is 2. The summed E-state index contributed by atoms with van der Waals surface area (Å²) in [6.07, 6.45) is 4.05. The summed E-state index contributed by atoms with van der Waals surface area (Å²) in [7, 11) is 0. The van der Waals surface area contributed by atoms with Gasteiger partial charge in [0, 0.05) is 5.69 Å². The Morgan fingerprint density at radius 1 is 1.12 bits per heavy atom. The highest BCUT2D eigenvalue weighted by Crippen LogP contribution is 2.39. The molecule has 1 unspecified atom stereocenters. The van der Waals surface area contributed by atoms with E-state index in [1.165, 1.54) is 5.56 Å². The van der Waals surface area contributed by atoms with E-state index in [-0.39, 0.29) is 11.9 Å². The van der Waals surface area contributed by atoms with E-state index in [0.717, 1.165) is 25.7 Å². The van der Waals surface area contributed by atoms with Crippen molar-refractivity contribution >= 4 is 23.5 Å². The SMILES string of the molecule is CCOC(=O)C(C)[C@H]1CC[C@H](c2ccc(NC(=O)C(=O)NN)cc2)CC1. The summed E-state index contributed by atoms with van der Waals surface area (Å²) in [6.45, 7) is 4.21. The quantitative estimate of drug-likeness (QED) is 0.244. The summed E-state index contributed by atoms with van der Waals surface area (Å²) >= 11 is 0. The molecular formula is C19H27N3O4. The van der Waals surface area contributed by atoms with Gasteiger partial charge in [0.15, 0.2) is 0 Å². The fourth-order valence-electron chi connectivity index (χ4n) is 3.51. The minimum Gasteiger partial charge on any atom is -0.466 e. The Morgan fingerprint density at radius 3 is 2.27 bits per heavy atom. The third-order valence-electron chi connectivity index (χ3n) is 5.11. The second kappa shape index (κ2) is 9.33. The lowest BCUT2D eigenvalue weighted by Crippen LogP contribution is -2.39. The van der Waals surface area contributed by atoms with Crippen molar-refractivity contribution in [1.82, 2.24) is 5.43 Å². The molecule has 0 saturated heterocycles. The zero-order chi connectivity index (χ0) is 19.1. The van der Waals surface area contributed by atoms with Crippen molar-refractivity contribution in [1.29, 1.82) is 0 Å². The third kappa shape index (κ3) is 5.05. The average molecular weight is 361 g/mol. The number of hydrogen-bond donors (Lipinski definition) is 3. The Kier molecular flexibility index (Phi) is 7.15.